The van der Waals surface area contributed by atoms with E-state index in [-0.39, 0.29) is 0 Å². The Morgan fingerprint density at radius 1 is 1.38 bits per heavy atom. The first kappa shape index (κ1) is 7.71. The Morgan fingerprint density at radius 2 is 2.23 bits per heavy atom. The van der Waals surface area contributed by atoms with Crippen LogP contribution in [0.4, 0.5) is 0 Å². The summed E-state index contributed by atoms with van der Waals surface area (Å²) < 4.78 is 1.11. The van der Waals surface area contributed by atoms with Crippen molar-refractivity contribution in [1.29, 1.82) is 0 Å². The van der Waals surface area contributed by atoms with E-state index >= 15 is 0 Å². The van der Waals surface area contributed by atoms with Crippen LogP contribution < -0.4 is 0 Å². The molecule has 0 saturated heterocycles. The van der Waals surface area contributed by atoms with E-state index in [1.54, 1.807) is 17.5 Å². The molecular formula is C9H7ClN2S. The van der Waals surface area contributed by atoms with Crippen molar-refractivity contribution >= 4 is 33.2 Å². The topological polar surface area (TPSA) is 25.8 Å². The lowest BCUT2D eigenvalue weighted by atomic mass is 10.4. The molecule has 0 N–H and O–H groups in total. The lowest BCUT2D eigenvalue weighted by molar-refractivity contribution is 1.10. The normalized spacial score (nSPS) is 16.7. The van der Waals surface area contributed by atoms with Crippen LogP contribution in [-0.2, 0) is 0 Å². The highest BCUT2D eigenvalue weighted by Crippen LogP contribution is 2.43. The Balaban J connectivity index is 2.26. The second-order valence-corrected chi connectivity index (χ2v) is 4.76. The summed E-state index contributed by atoms with van der Waals surface area (Å²) in [6.45, 7) is 0. The molecule has 0 spiro atoms. The van der Waals surface area contributed by atoms with Gasteiger partial charge in [-0.3, -0.25) is 4.98 Å². The van der Waals surface area contributed by atoms with Crippen molar-refractivity contribution in [2.24, 2.45) is 0 Å². The fraction of sp³-hybridized carbons (Fsp3) is 0.333. The monoisotopic (exact) mass is 210 g/mol. The Bertz CT molecular complexity index is 462. The maximum atomic E-state index is 5.98. The van der Waals surface area contributed by atoms with Gasteiger partial charge in [0.2, 0.25) is 0 Å². The number of aromatic nitrogens is 2. The van der Waals surface area contributed by atoms with Crippen LogP contribution in [0, 0.1) is 0 Å². The molecule has 0 bridgehead atoms. The highest BCUT2D eigenvalue weighted by Gasteiger charge is 2.27. The van der Waals surface area contributed by atoms with Gasteiger partial charge < -0.3 is 0 Å². The van der Waals surface area contributed by atoms with Crippen molar-refractivity contribution in [2.45, 2.75) is 18.8 Å². The van der Waals surface area contributed by atoms with Gasteiger partial charge in [0.1, 0.15) is 5.52 Å². The molecule has 4 heteroatoms. The van der Waals surface area contributed by atoms with Crippen molar-refractivity contribution in [2.75, 3.05) is 0 Å². The zero-order valence-electron chi connectivity index (χ0n) is 6.83. The first-order chi connectivity index (χ1) is 6.34. The molecule has 2 aromatic heterocycles. The van der Waals surface area contributed by atoms with Crippen LogP contribution in [0.1, 0.15) is 23.8 Å². The molecule has 13 heavy (non-hydrogen) atoms. The molecule has 0 radical (unpaired) electrons. The van der Waals surface area contributed by atoms with Crippen LogP contribution in [0.25, 0.3) is 10.2 Å². The maximum Gasteiger partial charge on any atom is 0.103 e. The fourth-order valence-electron chi connectivity index (χ4n) is 1.34. The van der Waals surface area contributed by atoms with E-state index in [0.717, 1.165) is 10.2 Å². The largest absolute Gasteiger partial charge is 0.262 e. The third-order valence-corrected chi connectivity index (χ3v) is 3.63. The van der Waals surface area contributed by atoms with E-state index in [1.165, 1.54) is 17.8 Å². The van der Waals surface area contributed by atoms with Gasteiger partial charge in [0.05, 0.1) is 14.7 Å². The molecule has 3 rings (SSSR count). The summed E-state index contributed by atoms with van der Waals surface area (Å²) in [6, 6.07) is 0. The van der Waals surface area contributed by atoms with E-state index in [2.05, 4.69) is 9.97 Å². The van der Waals surface area contributed by atoms with Crippen LogP contribution in [-0.4, -0.2) is 9.97 Å². The number of hydrogen-bond donors (Lipinski definition) is 0. The third-order valence-electron chi connectivity index (χ3n) is 2.20. The quantitative estimate of drug-likeness (QED) is 0.722. The molecule has 0 unspecified atom stereocenters. The van der Waals surface area contributed by atoms with Gasteiger partial charge >= 0.3 is 0 Å². The molecule has 2 nitrogen and oxygen atoms in total. The molecule has 2 heterocycles. The van der Waals surface area contributed by atoms with Crippen molar-refractivity contribution < 1.29 is 0 Å². The first-order valence-electron chi connectivity index (χ1n) is 4.24. The summed E-state index contributed by atoms with van der Waals surface area (Å²) in [5.74, 6) is 0.702. The molecular weight excluding hydrogens is 204 g/mol. The second kappa shape index (κ2) is 2.66. The first-order valence-corrected chi connectivity index (χ1v) is 5.44. The molecule has 66 valence electrons. The summed E-state index contributed by atoms with van der Waals surface area (Å²) in [5, 5.41) is 1.89. The predicted molar refractivity (Wildman–Crippen MR) is 54.4 cm³/mol. The predicted octanol–water partition coefficient (Wildman–Crippen LogP) is 3.22. The second-order valence-electron chi connectivity index (χ2n) is 3.29. The minimum Gasteiger partial charge on any atom is -0.262 e. The molecule has 1 aliphatic carbocycles. The smallest absolute Gasteiger partial charge is 0.103 e. The number of fused-ring (bicyclic) bond motifs is 1. The minimum absolute atomic E-state index is 0.667. The van der Waals surface area contributed by atoms with Gasteiger partial charge in [-0.2, -0.15) is 0 Å². The fourth-order valence-corrected chi connectivity index (χ4v) is 2.73. The number of pyridine rings is 1. The van der Waals surface area contributed by atoms with Gasteiger partial charge in [-0.1, -0.05) is 11.6 Å². The zero-order chi connectivity index (χ0) is 8.84. The van der Waals surface area contributed by atoms with Gasteiger partial charge in [-0.05, 0) is 12.8 Å². The zero-order valence-corrected chi connectivity index (χ0v) is 8.40. The average Bonchev–Trinajstić information content (AvgIpc) is 2.87. The Kier molecular flexibility index (Phi) is 1.58. The van der Waals surface area contributed by atoms with Crippen LogP contribution in [0.3, 0.4) is 0 Å². The Labute approximate surface area is 84.6 Å². The van der Waals surface area contributed by atoms with Crippen LogP contribution in [0.2, 0.25) is 5.02 Å². The summed E-state index contributed by atoms with van der Waals surface area (Å²) in [5.41, 5.74) is 0.920. The van der Waals surface area contributed by atoms with Crippen molar-refractivity contribution in [3.8, 4) is 0 Å². The molecule has 1 saturated carbocycles. The maximum absolute atomic E-state index is 5.98. The Morgan fingerprint density at radius 3 is 2.92 bits per heavy atom. The van der Waals surface area contributed by atoms with Crippen molar-refractivity contribution in [1.82, 2.24) is 9.97 Å². The van der Waals surface area contributed by atoms with Gasteiger partial charge in [0.15, 0.2) is 0 Å². The summed E-state index contributed by atoms with van der Waals surface area (Å²) in [7, 11) is 0. The number of rotatable bonds is 1. The van der Waals surface area contributed by atoms with Crippen molar-refractivity contribution in [3.63, 3.8) is 0 Å². The summed E-state index contributed by atoms with van der Waals surface area (Å²) in [4.78, 5) is 8.56. The molecule has 0 amide bonds. The van der Waals surface area contributed by atoms with E-state index in [9.17, 15) is 0 Å². The van der Waals surface area contributed by atoms with Crippen LogP contribution in [0.15, 0.2) is 12.4 Å². The number of hydrogen-bond acceptors (Lipinski definition) is 3. The standard InChI is InChI=1S/C9H7ClN2S/c10-6-3-11-4-7-8(6)12-9(13-7)5-1-2-5/h3-5H,1-2H2. The van der Waals surface area contributed by atoms with Gasteiger partial charge in [0.25, 0.3) is 0 Å². The van der Waals surface area contributed by atoms with E-state index in [0.29, 0.717) is 10.9 Å². The SMILES string of the molecule is Clc1cncc2sc(C3CC3)nc12. The minimum atomic E-state index is 0.667. The highest BCUT2D eigenvalue weighted by molar-refractivity contribution is 7.18. The average molecular weight is 211 g/mol. The summed E-state index contributed by atoms with van der Waals surface area (Å²) in [6.07, 6.45) is 6.06. The molecule has 2 aromatic rings. The lowest BCUT2D eigenvalue weighted by Gasteiger charge is -1.87. The Hall–Kier alpha value is -0.670. The lowest BCUT2D eigenvalue weighted by Crippen LogP contribution is -1.76. The van der Waals surface area contributed by atoms with Gasteiger partial charge in [-0.15, -0.1) is 11.3 Å². The number of nitrogens with zero attached hydrogens (tertiary/aromatic N) is 2. The van der Waals surface area contributed by atoms with Gasteiger partial charge in [0, 0.05) is 18.3 Å². The van der Waals surface area contributed by atoms with Crippen LogP contribution >= 0.6 is 22.9 Å². The molecule has 0 aromatic carbocycles. The van der Waals surface area contributed by atoms with Gasteiger partial charge in [-0.25, -0.2) is 4.98 Å². The van der Waals surface area contributed by atoms with Crippen LogP contribution in [0.5, 0.6) is 0 Å². The van der Waals surface area contributed by atoms with E-state index in [4.69, 9.17) is 11.6 Å². The number of halogens is 1. The molecule has 1 aliphatic rings. The molecule has 0 aliphatic heterocycles. The summed E-state index contributed by atoms with van der Waals surface area (Å²) >= 11 is 7.70. The highest BCUT2D eigenvalue weighted by atomic mass is 35.5. The third kappa shape index (κ3) is 1.23. The van der Waals surface area contributed by atoms with E-state index < -0.39 is 0 Å². The molecule has 0 atom stereocenters. The number of thiazole rings is 1. The van der Waals surface area contributed by atoms with Crippen molar-refractivity contribution in [3.05, 3.63) is 22.4 Å². The van der Waals surface area contributed by atoms with E-state index in [1.807, 2.05) is 6.20 Å². The molecule has 1 fully saturated rings.